The van der Waals surface area contributed by atoms with Crippen LogP contribution in [-0.2, 0) is 5.41 Å². The van der Waals surface area contributed by atoms with Gasteiger partial charge in [-0.2, -0.15) is 0 Å². The van der Waals surface area contributed by atoms with Crippen molar-refractivity contribution in [2.75, 3.05) is 13.1 Å². The zero-order valence-corrected chi connectivity index (χ0v) is 9.03. The van der Waals surface area contributed by atoms with Crippen LogP contribution in [0.4, 0.5) is 4.39 Å². The lowest BCUT2D eigenvalue weighted by molar-refractivity contribution is 0.522. The molecule has 1 atom stereocenters. The van der Waals surface area contributed by atoms with Gasteiger partial charge in [0.1, 0.15) is 5.82 Å². The Morgan fingerprint density at radius 1 is 1.29 bits per heavy atom. The highest BCUT2D eigenvalue weighted by atomic mass is 35.5. The Kier molecular flexibility index (Phi) is 3.51. The topological polar surface area (TPSA) is 12.0 Å². The molecule has 0 amide bonds. The third-order valence-corrected chi connectivity index (χ3v) is 2.91. The zero-order chi connectivity index (χ0) is 9.31. The first-order chi connectivity index (χ1) is 6.21. The first-order valence-electron chi connectivity index (χ1n) is 4.67. The average Bonchev–Trinajstić information content (AvgIpc) is 2.54. The molecule has 1 heterocycles. The molecule has 1 N–H and O–H groups in total. The molecule has 1 fully saturated rings. The molecular weight excluding hydrogens is 201 g/mol. The second-order valence-corrected chi connectivity index (χ2v) is 3.99. The van der Waals surface area contributed by atoms with Gasteiger partial charge in [0.25, 0.3) is 0 Å². The fourth-order valence-corrected chi connectivity index (χ4v) is 1.92. The predicted octanol–water partition coefficient (Wildman–Crippen LogP) is 2.50. The predicted molar refractivity (Wildman–Crippen MR) is 58.5 cm³/mol. The SMILES string of the molecule is CC1(c2ccc(F)cc2)CCNC1.Cl. The lowest BCUT2D eigenvalue weighted by Gasteiger charge is -2.22. The minimum absolute atomic E-state index is 0. The van der Waals surface area contributed by atoms with E-state index >= 15 is 0 Å². The molecule has 1 aromatic rings. The summed E-state index contributed by atoms with van der Waals surface area (Å²) in [6.45, 7) is 4.28. The fourth-order valence-electron chi connectivity index (χ4n) is 1.92. The van der Waals surface area contributed by atoms with E-state index in [1.165, 1.54) is 5.56 Å². The van der Waals surface area contributed by atoms with E-state index in [0.717, 1.165) is 19.5 Å². The molecule has 2 rings (SSSR count). The van der Waals surface area contributed by atoms with Gasteiger partial charge in [-0.1, -0.05) is 19.1 Å². The molecule has 0 radical (unpaired) electrons. The lowest BCUT2D eigenvalue weighted by atomic mass is 9.82. The summed E-state index contributed by atoms with van der Waals surface area (Å²) in [6, 6.07) is 6.86. The maximum Gasteiger partial charge on any atom is 0.123 e. The van der Waals surface area contributed by atoms with Crippen LogP contribution in [0.1, 0.15) is 18.9 Å². The minimum Gasteiger partial charge on any atom is -0.316 e. The van der Waals surface area contributed by atoms with Crippen molar-refractivity contribution in [2.45, 2.75) is 18.8 Å². The summed E-state index contributed by atoms with van der Waals surface area (Å²) in [7, 11) is 0. The summed E-state index contributed by atoms with van der Waals surface area (Å²) in [6.07, 6.45) is 1.14. The van der Waals surface area contributed by atoms with Gasteiger partial charge in [-0.3, -0.25) is 0 Å². The summed E-state index contributed by atoms with van der Waals surface area (Å²) >= 11 is 0. The molecule has 0 saturated carbocycles. The summed E-state index contributed by atoms with van der Waals surface area (Å²) in [5.41, 5.74) is 1.44. The maximum atomic E-state index is 12.7. The van der Waals surface area contributed by atoms with E-state index in [4.69, 9.17) is 0 Å². The Labute approximate surface area is 90.1 Å². The van der Waals surface area contributed by atoms with Crippen LogP contribution < -0.4 is 5.32 Å². The van der Waals surface area contributed by atoms with Crippen molar-refractivity contribution in [3.63, 3.8) is 0 Å². The quantitative estimate of drug-likeness (QED) is 0.759. The number of rotatable bonds is 1. The fraction of sp³-hybridized carbons (Fsp3) is 0.455. The van der Waals surface area contributed by atoms with Gasteiger partial charge in [-0.15, -0.1) is 12.4 Å². The molecule has 3 heteroatoms. The zero-order valence-electron chi connectivity index (χ0n) is 8.22. The second-order valence-electron chi connectivity index (χ2n) is 3.99. The third-order valence-electron chi connectivity index (χ3n) is 2.91. The first kappa shape index (κ1) is 11.5. The highest BCUT2D eigenvalue weighted by molar-refractivity contribution is 5.85. The Bertz CT molecular complexity index is 291. The van der Waals surface area contributed by atoms with Crippen LogP contribution in [0.25, 0.3) is 0 Å². The van der Waals surface area contributed by atoms with E-state index in [2.05, 4.69) is 12.2 Å². The lowest BCUT2D eigenvalue weighted by Crippen LogP contribution is -2.24. The molecule has 1 saturated heterocycles. The average molecular weight is 216 g/mol. The van der Waals surface area contributed by atoms with Gasteiger partial charge in [-0.05, 0) is 30.7 Å². The van der Waals surface area contributed by atoms with Gasteiger partial charge in [-0.25, -0.2) is 4.39 Å². The van der Waals surface area contributed by atoms with Crippen LogP contribution >= 0.6 is 12.4 Å². The van der Waals surface area contributed by atoms with E-state index in [-0.39, 0.29) is 23.6 Å². The van der Waals surface area contributed by atoms with Crippen LogP contribution in [-0.4, -0.2) is 13.1 Å². The van der Waals surface area contributed by atoms with Crippen LogP contribution in [0, 0.1) is 5.82 Å². The molecule has 1 nitrogen and oxygen atoms in total. The van der Waals surface area contributed by atoms with Crippen molar-refractivity contribution in [2.24, 2.45) is 0 Å². The van der Waals surface area contributed by atoms with Crippen LogP contribution in [0.2, 0.25) is 0 Å². The van der Waals surface area contributed by atoms with Gasteiger partial charge in [0.15, 0.2) is 0 Å². The maximum absolute atomic E-state index is 12.7. The summed E-state index contributed by atoms with van der Waals surface area (Å²) < 4.78 is 12.7. The largest absolute Gasteiger partial charge is 0.316 e. The Balaban J connectivity index is 0.000000980. The number of hydrogen-bond acceptors (Lipinski definition) is 1. The molecule has 14 heavy (non-hydrogen) atoms. The Hall–Kier alpha value is -0.600. The van der Waals surface area contributed by atoms with Crippen molar-refractivity contribution >= 4 is 12.4 Å². The van der Waals surface area contributed by atoms with E-state index in [0.29, 0.717) is 0 Å². The normalized spacial score (nSPS) is 25.9. The molecule has 0 spiro atoms. The van der Waals surface area contributed by atoms with Gasteiger partial charge >= 0.3 is 0 Å². The van der Waals surface area contributed by atoms with Gasteiger partial charge < -0.3 is 5.32 Å². The molecule has 0 bridgehead atoms. The van der Waals surface area contributed by atoms with E-state index in [9.17, 15) is 4.39 Å². The molecule has 1 aliphatic rings. The summed E-state index contributed by atoms with van der Waals surface area (Å²) in [5, 5.41) is 3.33. The van der Waals surface area contributed by atoms with Crippen LogP contribution in [0.15, 0.2) is 24.3 Å². The monoisotopic (exact) mass is 215 g/mol. The summed E-state index contributed by atoms with van der Waals surface area (Å²) in [5.74, 6) is -0.154. The van der Waals surface area contributed by atoms with Gasteiger partial charge in [0, 0.05) is 12.0 Å². The van der Waals surface area contributed by atoms with E-state index < -0.39 is 0 Å². The number of hydrogen-bond donors (Lipinski definition) is 1. The molecule has 1 aromatic carbocycles. The van der Waals surface area contributed by atoms with Crippen molar-refractivity contribution in [3.05, 3.63) is 35.6 Å². The standard InChI is InChI=1S/C11H14FN.ClH/c1-11(6-7-13-8-11)9-2-4-10(12)5-3-9;/h2-5,13H,6-8H2,1H3;1H. The molecule has 1 unspecified atom stereocenters. The molecule has 0 aromatic heterocycles. The number of nitrogens with one attached hydrogen (secondary N) is 1. The van der Waals surface area contributed by atoms with Gasteiger partial charge in [0.2, 0.25) is 0 Å². The Morgan fingerprint density at radius 2 is 1.93 bits per heavy atom. The first-order valence-corrected chi connectivity index (χ1v) is 4.67. The van der Waals surface area contributed by atoms with Crippen molar-refractivity contribution in [1.82, 2.24) is 5.32 Å². The van der Waals surface area contributed by atoms with Crippen molar-refractivity contribution in [3.8, 4) is 0 Å². The van der Waals surface area contributed by atoms with Crippen LogP contribution in [0.5, 0.6) is 0 Å². The second kappa shape index (κ2) is 4.28. The van der Waals surface area contributed by atoms with Gasteiger partial charge in [0.05, 0.1) is 0 Å². The molecule has 0 aliphatic carbocycles. The minimum atomic E-state index is -0.154. The van der Waals surface area contributed by atoms with E-state index in [1.54, 1.807) is 12.1 Å². The third kappa shape index (κ3) is 2.07. The smallest absolute Gasteiger partial charge is 0.123 e. The van der Waals surface area contributed by atoms with Crippen molar-refractivity contribution in [1.29, 1.82) is 0 Å². The molecular formula is C11H15ClFN. The summed E-state index contributed by atoms with van der Waals surface area (Å²) in [4.78, 5) is 0. The van der Waals surface area contributed by atoms with E-state index in [1.807, 2.05) is 12.1 Å². The van der Waals surface area contributed by atoms with Crippen LogP contribution in [0.3, 0.4) is 0 Å². The number of halogens is 2. The van der Waals surface area contributed by atoms with Crippen molar-refractivity contribution < 1.29 is 4.39 Å². The molecule has 78 valence electrons. The number of benzene rings is 1. The molecule has 1 aliphatic heterocycles. The highest BCUT2D eigenvalue weighted by Gasteiger charge is 2.29. The Morgan fingerprint density at radius 3 is 2.43 bits per heavy atom. The highest BCUT2D eigenvalue weighted by Crippen LogP contribution is 2.29.